The van der Waals surface area contributed by atoms with Crippen molar-refractivity contribution in [1.82, 2.24) is 10.1 Å². The van der Waals surface area contributed by atoms with Gasteiger partial charge in [0.15, 0.2) is 5.82 Å². The SMILES string of the molecule is Oc1cc(-c2nc(Cc3cccs3)no2)ccc1I. The van der Waals surface area contributed by atoms with Crippen LogP contribution in [0.1, 0.15) is 10.7 Å². The Balaban J connectivity index is 1.86. The molecule has 0 atom stereocenters. The summed E-state index contributed by atoms with van der Waals surface area (Å²) in [6.45, 7) is 0. The quantitative estimate of drug-likeness (QED) is 0.700. The van der Waals surface area contributed by atoms with E-state index in [1.807, 2.05) is 29.6 Å². The van der Waals surface area contributed by atoms with Gasteiger partial charge in [0.05, 0.1) is 3.57 Å². The molecule has 3 aromatic rings. The zero-order valence-corrected chi connectivity index (χ0v) is 12.7. The normalized spacial score (nSPS) is 10.8. The molecule has 2 aromatic heterocycles. The maximum Gasteiger partial charge on any atom is 0.258 e. The van der Waals surface area contributed by atoms with Gasteiger partial charge in [-0.05, 0) is 52.2 Å². The van der Waals surface area contributed by atoms with Gasteiger partial charge in [-0.2, -0.15) is 4.98 Å². The molecule has 4 nitrogen and oxygen atoms in total. The Bertz CT molecular complexity index is 694. The first kappa shape index (κ1) is 12.6. The lowest BCUT2D eigenvalue weighted by Gasteiger charge is -1.98. The molecule has 0 aliphatic rings. The van der Waals surface area contributed by atoms with Crippen LogP contribution in [-0.4, -0.2) is 15.2 Å². The fourth-order valence-electron chi connectivity index (χ4n) is 1.66. The van der Waals surface area contributed by atoms with Gasteiger partial charge in [-0.1, -0.05) is 11.2 Å². The molecule has 0 amide bonds. The summed E-state index contributed by atoms with van der Waals surface area (Å²) in [5.74, 6) is 1.30. The van der Waals surface area contributed by atoms with Gasteiger partial charge >= 0.3 is 0 Å². The van der Waals surface area contributed by atoms with E-state index in [9.17, 15) is 5.11 Å². The third kappa shape index (κ3) is 2.79. The summed E-state index contributed by atoms with van der Waals surface area (Å²) in [6, 6.07) is 9.33. The summed E-state index contributed by atoms with van der Waals surface area (Å²) in [7, 11) is 0. The van der Waals surface area contributed by atoms with E-state index < -0.39 is 0 Å². The lowest BCUT2D eigenvalue weighted by Crippen LogP contribution is -1.87. The van der Waals surface area contributed by atoms with Gasteiger partial charge in [0.1, 0.15) is 5.75 Å². The number of phenolic OH excluding ortho intramolecular Hbond substituents is 1. The monoisotopic (exact) mass is 384 g/mol. The highest BCUT2D eigenvalue weighted by molar-refractivity contribution is 14.1. The minimum atomic E-state index is 0.219. The number of nitrogens with zero attached hydrogens (tertiary/aromatic N) is 2. The fourth-order valence-corrected chi connectivity index (χ4v) is 2.69. The molecule has 0 saturated heterocycles. The van der Waals surface area contributed by atoms with Crippen molar-refractivity contribution in [3.05, 3.63) is 50.0 Å². The van der Waals surface area contributed by atoms with Crippen molar-refractivity contribution in [2.45, 2.75) is 6.42 Å². The second kappa shape index (κ2) is 5.30. The summed E-state index contributed by atoms with van der Waals surface area (Å²) < 4.78 is 6.02. The molecule has 19 heavy (non-hydrogen) atoms. The summed E-state index contributed by atoms with van der Waals surface area (Å²) in [5.41, 5.74) is 0.725. The predicted molar refractivity (Wildman–Crippen MR) is 81.2 cm³/mol. The molecule has 2 heterocycles. The van der Waals surface area contributed by atoms with E-state index in [1.165, 1.54) is 4.88 Å². The van der Waals surface area contributed by atoms with E-state index in [4.69, 9.17) is 4.52 Å². The zero-order chi connectivity index (χ0) is 13.2. The third-order valence-corrected chi connectivity index (χ3v) is 4.36. The van der Waals surface area contributed by atoms with Crippen molar-refractivity contribution in [3.63, 3.8) is 0 Å². The van der Waals surface area contributed by atoms with Crippen molar-refractivity contribution in [2.24, 2.45) is 0 Å². The molecule has 0 fully saturated rings. The second-order valence-electron chi connectivity index (χ2n) is 3.94. The topological polar surface area (TPSA) is 59.2 Å². The lowest BCUT2D eigenvalue weighted by atomic mass is 10.2. The molecule has 1 N–H and O–H groups in total. The van der Waals surface area contributed by atoms with Crippen LogP contribution in [0.4, 0.5) is 0 Å². The van der Waals surface area contributed by atoms with Crippen LogP contribution >= 0.6 is 33.9 Å². The Labute approximate surface area is 127 Å². The molecule has 0 saturated carbocycles. The first-order valence-electron chi connectivity index (χ1n) is 5.56. The Morgan fingerprint density at radius 2 is 2.21 bits per heavy atom. The van der Waals surface area contributed by atoms with E-state index in [0.717, 1.165) is 9.13 Å². The van der Waals surface area contributed by atoms with E-state index >= 15 is 0 Å². The van der Waals surface area contributed by atoms with Crippen molar-refractivity contribution >= 4 is 33.9 Å². The van der Waals surface area contributed by atoms with E-state index in [-0.39, 0.29) is 5.75 Å². The number of benzene rings is 1. The molecule has 6 heteroatoms. The summed E-state index contributed by atoms with van der Waals surface area (Å²) in [6.07, 6.45) is 0.664. The molecule has 3 rings (SSSR count). The van der Waals surface area contributed by atoms with Crippen LogP contribution in [0.2, 0.25) is 0 Å². The average Bonchev–Trinajstić information content (AvgIpc) is 3.05. The summed E-state index contributed by atoms with van der Waals surface area (Å²) >= 11 is 3.73. The van der Waals surface area contributed by atoms with Gasteiger partial charge in [0.25, 0.3) is 5.89 Å². The van der Waals surface area contributed by atoms with E-state index in [0.29, 0.717) is 18.1 Å². The number of phenols is 1. The highest BCUT2D eigenvalue weighted by Gasteiger charge is 2.11. The Hall–Kier alpha value is -1.41. The largest absolute Gasteiger partial charge is 0.507 e. The number of hydrogen-bond donors (Lipinski definition) is 1. The van der Waals surface area contributed by atoms with E-state index in [2.05, 4.69) is 32.7 Å². The van der Waals surface area contributed by atoms with Crippen molar-refractivity contribution in [3.8, 4) is 17.2 Å². The second-order valence-corrected chi connectivity index (χ2v) is 6.13. The van der Waals surface area contributed by atoms with Crippen LogP contribution < -0.4 is 0 Å². The van der Waals surface area contributed by atoms with Crippen LogP contribution in [0.3, 0.4) is 0 Å². The van der Waals surface area contributed by atoms with Crippen molar-refractivity contribution in [2.75, 3.05) is 0 Å². The Kier molecular flexibility index (Phi) is 3.52. The van der Waals surface area contributed by atoms with Gasteiger partial charge in [-0.3, -0.25) is 0 Å². The van der Waals surface area contributed by atoms with Gasteiger partial charge < -0.3 is 9.63 Å². The van der Waals surface area contributed by atoms with Crippen LogP contribution in [0, 0.1) is 3.57 Å². The molecule has 0 aliphatic carbocycles. The molecule has 0 aliphatic heterocycles. The standard InChI is InChI=1S/C13H9IN2O2S/c14-10-4-3-8(6-11(10)17)13-15-12(16-18-13)7-9-2-1-5-19-9/h1-6,17H,7H2. The maximum absolute atomic E-state index is 9.68. The molecular weight excluding hydrogens is 375 g/mol. The number of aromatic hydroxyl groups is 1. The fraction of sp³-hybridized carbons (Fsp3) is 0.0769. The molecule has 0 spiro atoms. The lowest BCUT2D eigenvalue weighted by molar-refractivity contribution is 0.423. The van der Waals surface area contributed by atoms with Crippen LogP contribution in [0.15, 0.2) is 40.2 Å². The minimum Gasteiger partial charge on any atom is -0.507 e. The molecule has 1 aromatic carbocycles. The number of hydrogen-bond acceptors (Lipinski definition) is 5. The number of rotatable bonds is 3. The van der Waals surface area contributed by atoms with Crippen molar-refractivity contribution < 1.29 is 9.63 Å². The van der Waals surface area contributed by atoms with Crippen LogP contribution in [0.5, 0.6) is 5.75 Å². The molecule has 0 unspecified atom stereocenters. The molecule has 0 bridgehead atoms. The first-order valence-corrected chi connectivity index (χ1v) is 7.52. The van der Waals surface area contributed by atoms with Gasteiger partial charge in [-0.25, -0.2) is 0 Å². The predicted octanol–water partition coefficient (Wildman–Crippen LogP) is 3.70. The summed E-state index contributed by atoms with van der Waals surface area (Å²) in [5, 5.41) is 15.7. The Morgan fingerprint density at radius 3 is 2.95 bits per heavy atom. The van der Waals surface area contributed by atoms with Crippen LogP contribution in [0.25, 0.3) is 11.5 Å². The molecular formula is C13H9IN2O2S. The average molecular weight is 384 g/mol. The van der Waals surface area contributed by atoms with Gasteiger partial charge in [0, 0.05) is 16.9 Å². The Morgan fingerprint density at radius 1 is 1.32 bits per heavy atom. The highest BCUT2D eigenvalue weighted by atomic mass is 127. The smallest absolute Gasteiger partial charge is 0.258 e. The van der Waals surface area contributed by atoms with Gasteiger partial charge in [0.2, 0.25) is 0 Å². The van der Waals surface area contributed by atoms with Gasteiger partial charge in [-0.15, -0.1) is 11.3 Å². The number of thiophene rings is 1. The van der Waals surface area contributed by atoms with Crippen molar-refractivity contribution in [1.29, 1.82) is 0 Å². The summed E-state index contributed by atoms with van der Waals surface area (Å²) in [4.78, 5) is 5.53. The third-order valence-electron chi connectivity index (χ3n) is 2.57. The van der Waals surface area contributed by atoms with E-state index in [1.54, 1.807) is 17.4 Å². The minimum absolute atomic E-state index is 0.219. The first-order chi connectivity index (χ1) is 9.22. The zero-order valence-electron chi connectivity index (χ0n) is 9.71. The number of aromatic nitrogens is 2. The number of halogens is 1. The van der Waals surface area contributed by atoms with Crippen LogP contribution in [-0.2, 0) is 6.42 Å². The molecule has 0 radical (unpaired) electrons. The molecule has 96 valence electrons. The maximum atomic E-state index is 9.68. The highest BCUT2D eigenvalue weighted by Crippen LogP contribution is 2.26.